The summed E-state index contributed by atoms with van der Waals surface area (Å²) in [5.74, 6) is 2.66. The van der Waals surface area contributed by atoms with Crippen LogP contribution < -0.4 is 0 Å². The Morgan fingerprint density at radius 3 is 2.55 bits per heavy atom. The molecule has 0 aromatic carbocycles. The Hall–Kier alpha value is -3.66. The molecule has 0 saturated heterocycles. The van der Waals surface area contributed by atoms with Gasteiger partial charge in [-0.25, -0.2) is 4.98 Å². The molecule has 0 amide bonds. The first kappa shape index (κ1) is 18.7. The van der Waals surface area contributed by atoms with E-state index in [0.717, 1.165) is 40.0 Å². The van der Waals surface area contributed by atoms with Crippen molar-refractivity contribution in [3.8, 4) is 12.3 Å². The summed E-state index contributed by atoms with van der Waals surface area (Å²) in [6.45, 7) is 0. The van der Waals surface area contributed by atoms with Crippen LogP contribution in [0.3, 0.4) is 0 Å². The van der Waals surface area contributed by atoms with E-state index in [4.69, 9.17) is 6.42 Å². The summed E-state index contributed by atoms with van der Waals surface area (Å²) >= 11 is 0. The number of halogens is 3. The molecule has 0 fully saturated rings. The molecule has 0 bridgehead atoms. The number of fused-ring (bicyclic) bond motifs is 1. The fourth-order valence-electron chi connectivity index (χ4n) is 3.31. The van der Waals surface area contributed by atoms with Crippen LogP contribution in [-0.4, -0.2) is 19.9 Å². The Balaban J connectivity index is 1.57. The second-order valence-electron chi connectivity index (χ2n) is 6.58. The van der Waals surface area contributed by atoms with Gasteiger partial charge in [-0.1, -0.05) is 12.0 Å². The van der Waals surface area contributed by atoms with Crippen LogP contribution in [0.1, 0.15) is 33.5 Å². The van der Waals surface area contributed by atoms with Crippen LogP contribution >= 0.6 is 0 Å². The van der Waals surface area contributed by atoms with Gasteiger partial charge in [0.2, 0.25) is 0 Å². The van der Waals surface area contributed by atoms with Gasteiger partial charge in [-0.3, -0.25) is 9.97 Å². The lowest BCUT2D eigenvalue weighted by molar-refractivity contribution is -0.138. The van der Waals surface area contributed by atoms with Crippen LogP contribution in [0.15, 0.2) is 55.2 Å². The van der Waals surface area contributed by atoms with Crippen LogP contribution in [0, 0.1) is 12.3 Å². The number of nitrogens with zero attached hydrogens (tertiary/aromatic N) is 3. The second kappa shape index (κ2) is 7.40. The van der Waals surface area contributed by atoms with E-state index in [1.54, 1.807) is 24.5 Å². The predicted octanol–water partition coefficient (Wildman–Crippen LogP) is 4.53. The molecule has 4 aromatic rings. The maximum Gasteiger partial charge on any atom is 0.416 e. The van der Waals surface area contributed by atoms with Gasteiger partial charge in [0.1, 0.15) is 5.65 Å². The molecule has 1 N–H and O–H groups in total. The van der Waals surface area contributed by atoms with Crippen molar-refractivity contribution in [2.75, 3.05) is 0 Å². The Morgan fingerprint density at radius 2 is 1.83 bits per heavy atom. The first-order chi connectivity index (χ1) is 14.0. The SMILES string of the molecule is C#Cc1ccnc2[nH]cc(Cc3ccc(Cc4cnccc4C(F)(F)F)nc3)c12. The number of pyridine rings is 3. The van der Waals surface area contributed by atoms with Crippen LogP contribution in [-0.2, 0) is 19.0 Å². The molecule has 0 saturated carbocycles. The molecular formula is C22H15F3N4. The van der Waals surface area contributed by atoms with Gasteiger partial charge < -0.3 is 4.98 Å². The molecule has 4 nitrogen and oxygen atoms in total. The Bertz CT molecular complexity index is 1200. The maximum absolute atomic E-state index is 13.1. The van der Waals surface area contributed by atoms with Crippen molar-refractivity contribution in [1.29, 1.82) is 0 Å². The highest BCUT2D eigenvalue weighted by Crippen LogP contribution is 2.32. The first-order valence-corrected chi connectivity index (χ1v) is 8.81. The summed E-state index contributed by atoms with van der Waals surface area (Å²) < 4.78 is 39.4. The maximum atomic E-state index is 13.1. The molecule has 4 rings (SSSR count). The summed E-state index contributed by atoms with van der Waals surface area (Å²) in [7, 11) is 0. The molecule has 29 heavy (non-hydrogen) atoms. The number of terminal acetylenes is 1. The minimum absolute atomic E-state index is 0.0568. The van der Waals surface area contributed by atoms with E-state index in [1.165, 1.54) is 6.20 Å². The Kier molecular flexibility index (Phi) is 4.77. The van der Waals surface area contributed by atoms with Gasteiger partial charge in [0.05, 0.1) is 5.56 Å². The molecule has 4 heterocycles. The average Bonchev–Trinajstić information content (AvgIpc) is 3.12. The van der Waals surface area contributed by atoms with E-state index in [2.05, 4.69) is 25.9 Å². The molecular weight excluding hydrogens is 377 g/mol. The summed E-state index contributed by atoms with van der Waals surface area (Å²) in [5.41, 5.74) is 3.33. The van der Waals surface area contributed by atoms with E-state index in [9.17, 15) is 13.2 Å². The molecule has 0 unspecified atom stereocenters. The number of H-pyrrole nitrogens is 1. The van der Waals surface area contributed by atoms with Gasteiger partial charge in [-0.15, -0.1) is 6.42 Å². The zero-order valence-electron chi connectivity index (χ0n) is 15.2. The van der Waals surface area contributed by atoms with Gasteiger partial charge in [0.25, 0.3) is 0 Å². The van der Waals surface area contributed by atoms with Crippen LogP contribution in [0.2, 0.25) is 0 Å². The van der Waals surface area contributed by atoms with E-state index in [0.29, 0.717) is 12.1 Å². The number of aromatic nitrogens is 4. The summed E-state index contributed by atoms with van der Waals surface area (Å²) in [4.78, 5) is 15.5. The van der Waals surface area contributed by atoms with E-state index in [-0.39, 0.29) is 12.0 Å². The monoisotopic (exact) mass is 392 g/mol. The average molecular weight is 392 g/mol. The smallest absolute Gasteiger partial charge is 0.346 e. The topological polar surface area (TPSA) is 54.5 Å². The largest absolute Gasteiger partial charge is 0.416 e. The van der Waals surface area contributed by atoms with Gasteiger partial charge in [0, 0.05) is 60.5 Å². The number of alkyl halides is 3. The van der Waals surface area contributed by atoms with Crippen LogP contribution in [0.5, 0.6) is 0 Å². The van der Waals surface area contributed by atoms with Gasteiger partial charge in [0.15, 0.2) is 0 Å². The lowest BCUT2D eigenvalue weighted by atomic mass is 10.0. The van der Waals surface area contributed by atoms with Crippen molar-refractivity contribution < 1.29 is 13.2 Å². The zero-order valence-corrected chi connectivity index (χ0v) is 15.2. The highest BCUT2D eigenvalue weighted by molar-refractivity contribution is 5.86. The number of rotatable bonds is 4. The number of hydrogen-bond acceptors (Lipinski definition) is 3. The van der Waals surface area contributed by atoms with Gasteiger partial charge >= 0.3 is 6.18 Å². The van der Waals surface area contributed by atoms with E-state index >= 15 is 0 Å². The second-order valence-corrected chi connectivity index (χ2v) is 6.58. The van der Waals surface area contributed by atoms with Crippen LogP contribution in [0.4, 0.5) is 13.2 Å². The predicted molar refractivity (Wildman–Crippen MR) is 103 cm³/mol. The molecule has 0 spiro atoms. The van der Waals surface area contributed by atoms with Crippen molar-refractivity contribution >= 4 is 11.0 Å². The van der Waals surface area contributed by atoms with Crippen LogP contribution in [0.25, 0.3) is 11.0 Å². The molecule has 0 aliphatic carbocycles. The van der Waals surface area contributed by atoms with E-state index in [1.807, 2.05) is 12.3 Å². The highest BCUT2D eigenvalue weighted by Gasteiger charge is 2.33. The van der Waals surface area contributed by atoms with Crippen molar-refractivity contribution in [3.05, 3.63) is 88.8 Å². The zero-order chi connectivity index (χ0) is 20.4. The van der Waals surface area contributed by atoms with Gasteiger partial charge in [-0.05, 0) is 34.9 Å². The standard InChI is InChI=1S/C22H15F3N4/c1-2-15-5-8-27-21-20(15)17(13-29-21)9-14-3-4-18(28-11-14)10-16-12-26-7-6-19(16)22(23,24)25/h1,3-8,11-13H,9-10H2,(H,27,29). The van der Waals surface area contributed by atoms with Crippen molar-refractivity contribution in [3.63, 3.8) is 0 Å². The molecule has 0 aliphatic rings. The summed E-state index contributed by atoms with van der Waals surface area (Å²) in [5, 5.41) is 0.893. The lowest BCUT2D eigenvalue weighted by Gasteiger charge is -2.12. The highest BCUT2D eigenvalue weighted by atomic mass is 19.4. The third-order valence-electron chi connectivity index (χ3n) is 4.67. The minimum Gasteiger partial charge on any atom is -0.346 e. The lowest BCUT2D eigenvalue weighted by Crippen LogP contribution is -2.10. The normalized spacial score (nSPS) is 11.5. The summed E-state index contributed by atoms with van der Waals surface area (Å²) in [6.07, 6.45) is 9.36. The molecule has 0 aliphatic heterocycles. The third-order valence-corrected chi connectivity index (χ3v) is 4.67. The fraction of sp³-hybridized carbons (Fsp3) is 0.136. The Labute approximate surface area is 164 Å². The third kappa shape index (κ3) is 3.83. The quantitative estimate of drug-likeness (QED) is 0.519. The summed E-state index contributed by atoms with van der Waals surface area (Å²) in [6, 6.07) is 6.36. The van der Waals surface area contributed by atoms with E-state index < -0.39 is 11.7 Å². The molecule has 7 heteroatoms. The van der Waals surface area contributed by atoms with Crippen molar-refractivity contribution in [1.82, 2.24) is 19.9 Å². The number of hydrogen-bond donors (Lipinski definition) is 1. The number of aromatic amines is 1. The Morgan fingerprint density at radius 1 is 0.966 bits per heavy atom. The minimum atomic E-state index is -4.42. The van der Waals surface area contributed by atoms with Crippen molar-refractivity contribution in [2.45, 2.75) is 19.0 Å². The van der Waals surface area contributed by atoms with Crippen molar-refractivity contribution in [2.24, 2.45) is 0 Å². The first-order valence-electron chi connectivity index (χ1n) is 8.81. The van der Waals surface area contributed by atoms with Gasteiger partial charge in [-0.2, -0.15) is 13.2 Å². The fourth-order valence-corrected chi connectivity index (χ4v) is 3.31. The molecule has 144 valence electrons. The molecule has 4 aromatic heterocycles. The molecule has 0 radical (unpaired) electrons. The molecule has 0 atom stereocenters. The number of nitrogens with one attached hydrogen (secondary N) is 1.